The highest BCUT2D eigenvalue weighted by Gasteiger charge is 2.41. The second-order valence-corrected chi connectivity index (χ2v) is 8.34. The number of hydrogen-bond donors (Lipinski definition) is 0. The van der Waals surface area contributed by atoms with Gasteiger partial charge in [0.2, 0.25) is 11.9 Å². The molecule has 7 nitrogen and oxygen atoms in total. The van der Waals surface area contributed by atoms with E-state index in [0.717, 1.165) is 67.6 Å². The van der Waals surface area contributed by atoms with Crippen molar-refractivity contribution in [1.29, 1.82) is 0 Å². The molecule has 148 valence electrons. The standard InChI is InChI=1S/C21H28N6O/c1-15-10-16(2)25-20(24-15)26-8-6-21(7-9-26)5-4-19(28)27(14-21)13-18-12-22-17(3)11-23-18/h10-12H,4-9,13-14H2,1-3H3. The van der Waals surface area contributed by atoms with Gasteiger partial charge in [-0.15, -0.1) is 0 Å². The number of likely N-dealkylation sites (tertiary alicyclic amines) is 1. The Morgan fingerprint density at radius 1 is 0.964 bits per heavy atom. The lowest BCUT2D eigenvalue weighted by atomic mass is 9.72. The van der Waals surface area contributed by atoms with Gasteiger partial charge in [0.25, 0.3) is 0 Å². The molecule has 0 aromatic carbocycles. The fourth-order valence-electron chi connectivity index (χ4n) is 4.38. The van der Waals surface area contributed by atoms with Crippen molar-refractivity contribution in [2.75, 3.05) is 24.5 Å². The third kappa shape index (κ3) is 3.98. The lowest BCUT2D eigenvalue weighted by molar-refractivity contribution is -0.139. The van der Waals surface area contributed by atoms with Crippen molar-refractivity contribution in [2.45, 2.75) is 53.0 Å². The van der Waals surface area contributed by atoms with Crippen LogP contribution in [0.25, 0.3) is 0 Å². The summed E-state index contributed by atoms with van der Waals surface area (Å²) in [5.74, 6) is 1.07. The third-order valence-corrected chi connectivity index (χ3v) is 6.01. The van der Waals surface area contributed by atoms with E-state index in [1.807, 2.05) is 31.7 Å². The number of carbonyl (C=O) groups excluding carboxylic acids is 1. The highest BCUT2D eigenvalue weighted by Crippen LogP contribution is 2.41. The van der Waals surface area contributed by atoms with E-state index >= 15 is 0 Å². The van der Waals surface area contributed by atoms with E-state index in [1.54, 1.807) is 12.4 Å². The molecule has 0 atom stereocenters. The molecule has 0 bridgehead atoms. The first kappa shape index (κ1) is 18.8. The zero-order chi connectivity index (χ0) is 19.7. The van der Waals surface area contributed by atoms with Gasteiger partial charge in [0.15, 0.2) is 0 Å². The smallest absolute Gasteiger partial charge is 0.225 e. The molecule has 2 aliphatic rings. The van der Waals surface area contributed by atoms with Crippen molar-refractivity contribution in [1.82, 2.24) is 24.8 Å². The number of hydrogen-bond acceptors (Lipinski definition) is 6. The summed E-state index contributed by atoms with van der Waals surface area (Å²) in [5.41, 5.74) is 3.97. The van der Waals surface area contributed by atoms with Crippen LogP contribution < -0.4 is 4.90 Å². The SMILES string of the molecule is Cc1cnc(CN2CC3(CCC2=O)CCN(c2nc(C)cc(C)n2)CC3)cn1. The topological polar surface area (TPSA) is 75.1 Å². The summed E-state index contributed by atoms with van der Waals surface area (Å²) in [6, 6.07) is 2.01. The first-order chi connectivity index (χ1) is 13.4. The van der Waals surface area contributed by atoms with Crippen molar-refractivity contribution in [3.8, 4) is 0 Å². The summed E-state index contributed by atoms with van der Waals surface area (Å²) >= 11 is 0. The predicted octanol–water partition coefficient (Wildman–Crippen LogP) is 2.60. The van der Waals surface area contributed by atoms with Gasteiger partial charge in [0, 0.05) is 43.6 Å². The molecular formula is C21H28N6O. The van der Waals surface area contributed by atoms with Crippen LogP contribution >= 0.6 is 0 Å². The van der Waals surface area contributed by atoms with Gasteiger partial charge in [-0.2, -0.15) is 0 Å². The molecule has 2 aromatic heterocycles. The number of amides is 1. The molecule has 28 heavy (non-hydrogen) atoms. The molecule has 2 aromatic rings. The first-order valence-corrected chi connectivity index (χ1v) is 10.1. The van der Waals surface area contributed by atoms with Crippen molar-refractivity contribution in [3.05, 3.63) is 41.2 Å². The van der Waals surface area contributed by atoms with E-state index in [0.29, 0.717) is 13.0 Å². The minimum atomic E-state index is 0.196. The van der Waals surface area contributed by atoms with Gasteiger partial charge in [-0.1, -0.05) is 0 Å². The molecule has 4 rings (SSSR count). The molecule has 1 spiro atoms. The quantitative estimate of drug-likeness (QED) is 0.815. The van der Waals surface area contributed by atoms with Gasteiger partial charge in [-0.25, -0.2) is 9.97 Å². The Kier molecular flexibility index (Phi) is 5.00. The van der Waals surface area contributed by atoms with Gasteiger partial charge in [-0.3, -0.25) is 14.8 Å². The Hall–Kier alpha value is -2.57. The zero-order valence-electron chi connectivity index (χ0n) is 17.0. The van der Waals surface area contributed by atoms with E-state index < -0.39 is 0 Å². The van der Waals surface area contributed by atoms with Gasteiger partial charge >= 0.3 is 0 Å². The highest BCUT2D eigenvalue weighted by atomic mass is 16.2. The Labute approximate surface area is 166 Å². The molecule has 1 amide bonds. The van der Waals surface area contributed by atoms with Crippen LogP contribution in [0, 0.1) is 26.2 Å². The largest absolute Gasteiger partial charge is 0.341 e. The fraction of sp³-hybridized carbons (Fsp3) is 0.571. The van der Waals surface area contributed by atoms with Crippen molar-refractivity contribution in [3.63, 3.8) is 0 Å². The third-order valence-electron chi connectivity index (χ3n) is 6.01. The van der Waals surface area contributed by atoms with Crippen LogP contribution in [-0.4, -0.2) is 50.4 Å². The normalized spacial score (nSPS) is 19.3. The van der Waals surface area contributed by atoms with Gasteiger partial charge in [-0.05, 0) is 51.5 Å². The van der Waals surface area contributed by atoms with E-state index in [1.165, 1.54) is 0 Å². The van der Waals surface area contributed by atoms with Crippen LogP contribution in [0.3, 0.4) is 0 Å². The molecule has 0 N–H and O–H groups in total. The Balaban J connectivity index is 1.42. The maximum Gasteiger partial charge on any atom is 0.225 e. The first-order valence-electron chi connectivity index (χ1n) is 10.1. The summed E-state index contributed by atoms with van der Waals surface area (Å²) in [6.07, 6.45) is 7.27. The van der Waals surface area contributed by atoms with Crippen LogP contribution in [0.2, 0.25) is 0 Å². The lowest BCUT2D eigenvalue weighted by Crippen LogP contribution is -2.51. The van der Waals surface area contributed by atoms with E-state index in [2.05, 4.69) is 24.8 Å². The number of carbonyl (C=O) groups is 1. The molecule has 0 radical (unpaired) electrons. The Morgan fingerprint density at radius 2 is 1.68 bits per heavy atom. The minimum absolute atomic E-state index is 0.196. The Morgan fingerprint density at radius 3 is 2.32 bits per heavy atom. The average molecular weight is 380 g/mol. The minimum Gasteiger partial charge on any atom is -0.341 e. The molecule has 0 unspecified atom stereocenters. The summed E-state index contributed by atoms with van der Waals surface area (Å²) in [7, 11) is 0. The lowest BCUT2D eigenvalue weighted by Gasteiger charge is -2.47. The number of aromatic nitrogens is 4. The molecule has 0 aliphatic carbocycles. The summed E-state index contributed by atoms with van der Waals surface area (Å²) in [4.78, 5) is 34.7. The van der Waals surface area contributed by atoms with E-state index in [9.17, 15) is 4.79 Å². The highest BCUT2D eigenvalue weighted by molar-refractivity contribution is 5.77. The summed E-state index contributed by atoms with van der Waals surface area (Å²) in [5, 5.41) is 0. The maximum atomic E-state index is 12.5. The summed E-state index contributed by atoms with van der Waals surface area (Å²) in [6.45, 7) is 9.20. The van der Waals surface area contributed by atoms with E-state index in [4.69, 9.17) is 0 Å². The van der Waals surface area contributed by atoms with E-state index in [-0.39, 0.29) is 11.3 Å². The monoisotopic (exact) mass is 380 g/mol. The molecule has 2 fully saturated rings. The Bertz CT molecular complexity index is 837. The van der Waals surface area contributed by atoms with Crippen LogP contribution in [0.5, 0.6) is 0 Å². The summed E-state index contributed by atoms with van der Waals surface area (Å²) < 4.78 is 0. The van der Waals surface area contributed by atoms with Crippen molar-refractivity contribution < 1.29 is 4.79 Å². The number of rotatable bonds is 3. The van der Waals surface area contributed by atoms with Crippen molar-refractivity contribution in [2.24, 2.45) is 5.41 Å². The molecule has 2 saturated heterocycles. The van der Waals surface area contributed by atoms with Crippen LogP contribution in [-0.2, 0) is 11.3 Å². The zero-order valence-corrected chi connectivity index (χ0v) is 17.0. The molecule has 2 aliphatic heterocycles. The average Bonchev–Trinajstić information content (AvgIpc) is 2.67. The van der Waals surface area contributed by atoms with Gasteiger partial charge in [0.1, 0.15) is 0 Å². The van der Waals surface area contributed by atoms with Crippen LogP contribution in [0.15, 0.2) is 18.5 Å². The van der Waals surface area contributed by atoms with Gasteiger partial charge < -0.3 is 9.80 Å². The second kappa shape index (κ2) is 7.45. The number of aryl methyl sites for hydroxylation is 3. The predicted molar refractivity (Wildman–Crippen MR) is 107 cm³/mol. The fourth-order valence-corrected chi connectivity index (χ4v) is 4.38. The number of nitrogens with zero attached hydrogens (tertiary/aromatic N) is 6. The molecular weight excluding hydrogens is 352 g/mol. The number of piperidine rings is 2. The number of anilines is 1. The molecule has 7 heteroatoms. The maximum absolute atomic E-state index is 12.5. The van der Waals surface area contributed by atoms with Crippen molar-refractivity contribution >= 4 is 11.9 Å². The molecule has 0 saturated carbocycles. The van der Waals surface area contributed by atoms with Crippen LogP contribution in [0.1, 0.15) is 48.5 Å². The van der Waals surface area contributed by atoms with Crippen LogP contribution in [0.4, 0.5) is 5.95 Å². The second-order valence-electron chi connectivity index (χ2n) is 8.34. The molecule has 4 heterocycles. The van der Waals surface area contributed by atoms with Gasteiger partial charge in [0.05, 0.1) is 24.1 Å².